The highest BCUT2D eigenvalue weighted by molar-refractivity contribution is 7.79. The molecule has 4 aliphatic rings. The van der Waals surface area contributed by atoms with Gasteiger partial charge in [0.1, 0.15) is 0 Å². The molecule has 4 bridgehead atoms. The van der Waals surface area contributed by atoms with Gasteiger partial charge in [-0.2, -0.15) is 0 Å². The molecule has 4 saturated carbocycles. The van der Waals surface area contributed by atoms with E-state index in [1.165, 1.54) is 38.5 Å². The Kier molecular flexibility index (Phi) is 2.42. The number of hydrogen-bond acceptors (Lipinski definition) is 1. The summed E-state index contributed by atoms with van der Waals surface area (Å²) in [4.78, 5) is 0. The van der Waals surface area contributed by atoms with Crippen LogP contribution in [-0.4, -0.2) is 5.37 Å². The van der Waals surface area contributed by atoms with Crippen molar-refractivity contribution in [2.24, 2.45) is 17.8 Å². The Hall–Kier alpha value is -0.690. The van der Waals surface area contributed by atoms with E-state index in [9.17, 15) is 0 Å². The highest BCUT2D eigenvalue weighted by Crippen LogP contribution is 2.60. The molecule has 93 valence electrons. The topological polar surface area (TPSA) is 0 Å². The molecule has 0 amide bonds. The van der Waals surface area contributed by atoms with E-state index in [-0.39, 0.29) is 0 Å². The predicted octanol–water partition coefficient (Wildman–Crippen LogP) is 4.38. The quantitative estimate of drug-likeness (QED) is 0.707. The van der Waals surface area contributed by atoms with Gasteiger partial charge in [-0.1, -0.05) is 36.5 Å². The maximum Gasteiger partial charge on any atom is 0.0636 e. The van der Waals surface area contributed by atoms with Crippen LogP contribution in [-0.2, 0) is 5.41 Å². The van der Waals surface area contributed by atoms with Gasteiger partial charge in [-0.25, -0.2) is 0 Å². The summed E-state index contributed by atoms with van der Waals surface area (Å²) in [6, 6.07) is 8.95. The van der Waals surface area contributed by atoms with Crippen LogP contribution < -0.4 is 0 Å². The van der Waals surface area contributed by atoms with Crippen LogP contribution in [0.2, 0.25) is 0 Å². The molecule has 0 spiro atoms. The summed E-state index contributed by atoms with van der Waals surface area (Å²) in [5, 5.41) is 2.81. The molecular formula is C17H19S. The van der Waals surface area contributed by atoms with Crippen molar-refractivity contribution in [2.75, 3.05) is 0 Å². The van der Waals surface area contributed by atoms with Gasteiger partial charge in [0.05, 0.1) is 5.37 Å². The van der Waals surface area contributed by atoms with Gasteiger partial charge in [0.2, 0.25) is 0 Å². The van der Waals surface area contributed by atoms with Crippen molar-refractivity contribution in [3.05, 3.63) is 35.4 Å². The fourth-order valence-corrected chi connectivity index (χ4v) is 5.49. The highest BCUT2D eigenvalue weighted by atomic mass is 32.1. The second-order valence-electron chi connectivity index (χ2n) is 6.88. The van der Waals surface area contributed by atoms with Crippen molar-refractivity contribution >= 4 is 17.6 Å². The predicted molar refractivity (Wildman–Crippen MR) is 78.0 cm³/mol. The van der Waals surface area contributed by atoms with Crippen LogP contribution in [0.15, 0.2) is 24.3 Å². The largest absolute Gasteiger partial charge is 0.0778 e. The Morgan fingerprint density at radius 1 is 0.889 bits per heavy atom. The summed E-state index contributed by atoms with van der Waals surface area (Å²) in [7, 11) is 0. The van der Waals surface area contributed by atoms with Crippen molar-refractivity contribution in [1.29, 1.82) is 0 Å². The third-order valence-electron chi connectivity index (χ3n) is 5.65. The lowest BCUT2D eigenvalue weighted by Gasteiger charge is -2.57. The molecule has 0 aliphatic heterocycles. The van der Waals surface area contributed by atoms with E-state index in [0.29, 0.717) is 5.41 Å². The molecule has 0 heterocycles. The van der Waals surface area contributed by atoms with Crippen LogP contribution in [0.3, 0.4) is 0 Å². The average molecular weight is 255 g/mol. The van der Waals surface area contributed by atoms with Crippen LogP contribution >= 0.6 is 12.2 Å². The summed E-state index contributed by atoms with van der Waals surface area (Å²) >= 11 is 4.88. The molecule has 5 rings (SSSR count). The van der Waals surface area contributed by atoms with E-state index in [1.54, 1.807) is 5.56 Å². The normalized spacial score (nSPS) is 41.0. The molecule has 4 fully saturated rings. The van der Waals surface area contributed by atoms with Crippen LogP contribution in [0.4, 0.5) is 0 Å². The Morgan fingerprint density at radius 2 is 1.39 bits per heavy atom. The average Bonchev–Trinajstić information content (AvgIpc) is 2.37. The van der Waals surface area contributed by atoms with E-state index in [4.69, 9.17) is 12.2 Å². The molecule has 0 nitrogen and oxygen atoms in total. The van der Waals surface area contributed by atoms with Crippen molar-refractivity contribution in [3.8, 4) is 0 Å². The summed E-state index contributed by atoms with van der Waals surface area (Å²) in [5.74, 6) is 3.06. The molecule has 4 aliphatic carbocycles. The van der Waals surface area contributed by atoms with Crippen molar-refractivity contribution in [1.82, 2.24) is 0 Å². The van der Waals surface area contributed by atoms with Gasteiger partial charge >= 0.3 is 0 Å². The first kappa shape index (κ1) is 11.2. The van der Waals surface area contributed by atoms with Crippen LogP contribution in [0, 0.1) is 17.8 Å². The molecule has 0 unspecified atom stereocenters. The fourth-order valence-electron chi connectivity index (χ4n) is 5.36. The van der Waals surface area contributed by atoms with Crippen LogP contribution in [0.25, 0.3) is 0 Å². The van der Waals surface area contributed by atoms with E-state index in [1.807, 2.05) is 0 Å². The molecule has 0 N–H and O–H groups in total. The monoisotopic (exact) mass is 255 g/mol. The minimum Gasteiger partial charge on any atom is -0.0778 e. The maximum atomic E-state index is 4.88. The van der Waals surface area contributed by atoms with Crippen molar-refractivity contribution in [3.63, 3.8) is 0 Å². The lowest BCUT2D eigenvalue weighted by atomic mass is 9.48. The number of hydrogen-bond donors (Lipinski definition) is 0. The van der Waals surface area contributed by atoms with E-state index < -0.39 is 0 Å². The molecule has 1 aromatic carbocycles. The van der Waals surface area contributed by atoms with Gasteiger partial charge < -0.3 is 0 Å². The zero-order valence-corrected chi connectivity index (χ0v) is 11.5. The molecule has 18 heavy (non-hydrogen) atoms. The Labute approximate surface area is 115 Å². The standard InChI is InChI=1S/C17H19S/c18-11-12-1-3-16(4-2-12)17-8-13-5-14(9-17)7-15(6-13)10-17/h1-4,13-15H,5-10H2. The highest BCUT2D eigenvalue weighted by Gasteiger charge is 2.51. The van der Waals surface area contributed by atoms with Crippen LogP contribution in [0.1, 0.15) is 49.7 Å². The van der Waals surface area contributed by atoms with E-state index >= 15 is 0 Å². The molecule has 1 radical (unpaired) electrons. The second kappa shape index (κ2) is 3.90. The lowest BCUT2D eigenvalue weighted by molar-refractivity contribution is -0.00518. The molecule has 0 aromatic heterocycles. The molecular weight excluding hydrogens is 236 g/mol. The third-order valence-corrected chi connectivity index (χ3v) is 5.89. The first-order valence-corrected chi connectivity index (χ1v) is 7.67. The zero-order valence-electron chi connectivity index (χ0n) is 10.7. The second-order valence-corrected chi connectivity index (χ2v) is 7.08. The summed E-state index contributed by atoms with van der Waals surface area (Å²) < 4.78 is 0. The zero-order chi connectivity index (χ0) is 12.2. The van der Waals surface area contributed by atoms with E-state index in [2.05, 4.69) is 29.6 Å². The minimum atomic E-state index is 0.523. The van der Waals surface area contributed by atoms with E-state index in [0.717, 1.165) is 23.3 Å². The van der Waals surface area contributed by atoms with Crippen molar-refractivity contribution in [2.45, 2.75) is 43.9 Å². The summed E-state index contributed by atoms with van der Waals surface area (Å²) in [5.41, 5.74) is 3.16. The maximum absolute atomic E-state index is 4.88. The van der Waals surface area contributed by atoms with Gasteiger partial charge in [-0.3, -0.25) is 0 Å². The Morgan fingerprint density at radius 3 is 1.83 bits per heavy atom. The Bertz CT molecular complexity index is 436. The van der Waals surface area contributed by atoms with Gasteiger partial charge in [-0.15, -0.1) is 0 Å². The number of benzene rings is 1. The first-order valence-electron chi connectivity index (χ1n) is 7.26. The smallest absolute Gasteiger partial charge is 0.0636 e. The van der Waals surface area contributed by atoms with Crippen molar-refractivity contribution < 1.29 is 0 Å². The number of rotatable bonds is 2. The van der Waals surface area contributed by atoms with Gasteiger partial charge in [0, 0.05) is 0 Å². The number of thiocarbonyl (C=S) groups is 1. The van der Waals surface area contributed by atoms with Gasteiger partial charge in [0.15, 0.2) is 0 Å². The molecule has 1 aromatic rings. The SMILES string of the molecule is S=[C]c1ccc(C23CC4CC(CC(C4)C2)C3)cc1. The van der Waals surface area contributed by atoms with Gasteiger partial charge in [0.25, 0.3) is 0 Å². The molecule has 1 heteroatoms. The summed E-state index contributed by atoms with van der Waals surface area (Å²) in [6.07, 6.45) is 8.89. The third kappa shape index (κ3) is 1.60. The first-order chi connectivity index (χ1) is 8.77. The molecule has 0 atom stereocenters. The van der Waals surface area contributed by atoms with Crippen LogP contribution in [0.5, 0.6) is 0 Å². The lowest BCUT2D eigenvalue weighted by Crippen LogP contribution is -2.48. The Balaban J connectivity index is 1.72. The molecule has 0 saturated heterocycles. The summed E-state index contributed by atoms with van der Waals surface area (Å²) in [6.45, 7) is 0. The fraction of sp³-hybridized carbons (Fsp3) is 0.588. The van der Waals surface area contributed by atoms with Gasteiger partial charge in [-0.05, 0) is 72.8 Å². The minimum absolute atomic E-state index is 0.523.